The number of methoxy groups -OCH3 is 2. The normalized spacial score (nSPS) is 8.18. The molecule has 0 aromatic rings. The third kappa shape index (κ3) is 57.0. The molecule has 0 saturated carbocycles. The van der Waals surface area contributed by atoms with Gasteiger partial charge in [0.05, 0.1) is 13.2 Å². The van der Waals surface area contributed by atoms with E-state index in [1.807, 2.05) is 0 Å². The maximum atomic E-state index is 8.52. The maximum absolute atomic E-state index is 8.52. The second kappa shape index (κ2) is 17.1. The summed E-state index contributed by atoms with van der Waals surface area (Å²) in [6.45, 7) is 1.38. The molecule has 0 saturated heterocycles. The molecular weight excluding hydrogens is 215 g/mol. The van der Waals surface area contributed by atoms with E-state index < -0.39 is 14.8 Å². The van der Waals surface area contributed by atoms with Gasteiger partial charge in [0, 0.05) is 14.2 Å². The Bertz CT molecular complexity index is 49.0. The van der Waals surface area contributed by atoms with Crippen molar-refractivity contribution >= 4 is 0 Å². The zero-order chi connectivity index (χ0) is 8.41. The van der Waals surface area contributed by atoms with Crippen LogP contribution in [0.1, 0.15) is 0 Å². The molecule has 11 heavy (non-hydrogen) atoms. The van der Waals surface area contributed by atoms with Crippen LogP contribution in [0.4, 0.5) is 0 Å². The Labute approximate surface area is 83.3 Å². The van der Waals surface area contributed by atoms with E-state index in [0.29, 0.717) is 13.2 Å². The summed E-state index contributed by atoms with van der Waals surface area (Å²) < 4.78 is 34.9. The summed E-state index contributed by atoms with van der Waals surface area (Å²) in [5.74, 6) is 0. The third-order valence-corrected chi connectivity index (χ3v) is 0.492. The monoisotopic (exact) mass is 224 g/mol. The molecule has 0 aliphatic rings. The van der Waals surface area contributed by atoms with E-state index in [-0.39, 0.29) is 18.9 Å². The molecule has 0 bridgehead atoms. The fourth-order valence-electron chi connectivity index (χ4n) is 0.167. The van der Waals surface area contributed by atoms with Gasteiger partial charge in [0.25, 0.3) is 0 Å². The molecule has 0 aliphatic carbocycles. The van der Waals surface area contributed by atoms with Crippen molar-refractivity contribution in [3.05, 3.63) is 0 Å². The molecule has 5 nitrogen and oxygen atoms in total. The topological polar surface area (TPSA) is 87.6 Å². The fraction of sp³-hybridized carbons (Fsp3) is 1.00. The largest absolute Gasteiger partial charge is 1.00 e. The average molecular weight is 225 g/mol. The minimum absolute atomic E-state index is 0. The van der Waals surface area contributed by atoms with E-state index >= 15 is 0 Å². The van der Waals surface area contributed by atoms with Gasteiger partial charge in [0.1, 0.15) is 0 Å². The van der Waals surface area contributed by atoms with Crippen molar-refractivity contribution in [2.45, 2.75) is 0 Å². The molecule has 0 N–H and O–H groups in total. The molecule has 0 fully saturated rings. The maximum Gasteiger partial charge on any atom is 1.00 e. The van der Waals surface area contributed by atoms with Gasteiger partial charge in [-0.1, -0.05) is 0 Å². The van der Waals surface area contributed by atoms with Crippen molar-refractivity contribution in [3.63, 3.8) is 0 Å². The minimum Gasteiger partial charge on any atom is -0.405 e. The van der Waals surface area contributed by atoms with E-state index in [2.05, 4.69) is 9.47 Å². The number of halogens is 1. The Morgan fingerprint density at radius 2 is 1.18 bits per heavy atom. The number of hydrogen-bond donors (Lipinski definition) is 0. The number of ether oxygens (including phenoxy) is 2. The second-order valence-corrected chi connectivity index (χ2v) is 1.97. The predicted octanol–water partition coefficient (Wildman–Crippen LogP) is -6.28. The molecule has 0 amide bonds. The number of rotatable bonds is 3. The van der Waals surface area contributed by atoms with Gasteiger partial charge >= 0.3 is 18.9 Å². The van der Waals surface area contributed by atoms with Gasteiger partial charge in [-0.2, -0.15) is 0 Å². The van der Waals surface area contributed by atoms with Crippen LogP contribution in [-0.4, -0.2) is 27.4 Å². The van der Waals surface area contributed by atoms with Gasteiger partial charge in [-0.3, -0.25) is 0 Å². The Balaban J connectivity index is -0.000000114. The summed E-state index contributed by atoms with van der Waals surface area (Å²) in [5, 5.41) is 0. The summed E-state index contributed by atoms with van der Waals surface area (Å²) in [6, 6.07) is 0. The van der Waals surface area contributed by atoms with Crippen molar-refractivity contribution < 1.29 is 55.7 Å². The summed E-state index contributed by atoms with van der Waals surface area (Å²) in [6.07, 6.45) is 0. The van der Waals surface area contributed by atoms with E-state index in [1.165, 1.54) is 0 Å². The summed E-state index contributed by atoms with van der Waals surface area (Å²) in [7, 11) is 3.30. The standard InChI is InChI=1S/C4H10O2.BrO3.Li/c1-5-3-4-6-2;2-1(3)4;/h3-4H2,1-2H3;;/q;-1;+1. The first-order valence-corrected chi connectivity index (χ1v) is 4.30. The molecule has 0 spiro atoms. The van der Waals surface area contributed by atoms with Gasteiger partial charge in [0.15, 0.2) is 0 Å². The van der Waals surface area contributed by atoms with Crippen LogP contribution in [0.2, 0.25) is 0 Å². The Hall–Kier alpha value is 0.877. The van der Waals surface area contributed by atoms with Crippen molar-refractivity contribution in [2.24, 2.45) is 0 Å². The minimum atomic E-state index is -3.65. The van der Waals surface area contributed by atoms with Crippen LogP contribution in [0.5, 0.6) is 0 Å². The van der Waals surface area contributed by atoms with E-state index in [4.69, 9.17) is 12.6 Å². The van der Waals surface area contributed by atoms with Gasteiger partial charge < -0.3 is 22.1 Å². The summed E-state index contributed by atoms with van der Waals surface area (Å²) in [4.78, 5) is 0. The first-order chi connectivity index (χ1) is 4.65. The molecule has 0 atom stereocenters. The molecule has 0 rings (SSSR count). The van der Waals surface area contributed by atoms with Crippen LogP contribution in [0.25, 0.3) is 0 Å². The predicted molar refractivity (Wildman–Crippen MR) is 23.8 cm³/mol. The van der Waals surface area contributed by atoms with Gasteiger partial charge in [-0.25, -0.2) is 0 Å². The quantitative estimate of drug-likeness (QED) is 0.352. The van der Waals surface area contributed by atoms with Crippen molar-refractivity contribution in [1.29, 1.82) is 0 Å². The molecule has 0 aromatic heterocycles. The van der Waals surface area contributed by atoms with Crippen molar-refractivity contribution in [3.8, 4) is 0 Å². The van der Waals surface area contributed by atoms with Gasteiger partial charge in [-0.15, -0.1) is 0 Å². The molecule has 0 aromatic carbocycles. The van der Waals surface area contributed by atoms with Crippen LogP contribution < -0.4 is 31.5 Å². The first kappa shape index (κ1) is 17.8. The van der Waals surface area contributed by atoms with Crippen LogP contribution in [0, 0.1) is 14.8 Å². The zero-order valence-electron chi connectivity index (χ0n) is 6.83. The SMILES string of the molecule is COCCOC.[Li+].[O-][Br+2]([O-])[O-]. The van der Waals surface area contributed by atoms with Gasteiger partial charge in [0.2, 0.25) is 14.8 Å². The second-order valence-electron chi connectivity index (χ2n) is 1.17. The third-order valence-electron chi connectivity index (χ3n) is 0.492. The Kier molecular flexibility index (Phi) is 27.7. The van der Waals surface area contributed by atoms with Crippen LogP contribution in [0.3, 0.4) is 0 Å². The smallest absolute Gasteiger partial charge is 0.405 e. The van der Waals surface area contributed by atoms with Crippen LogP contribution in [0.15, 0.2) is 0 Å². The Morgan fingerprint density at radius 3 is 1.27 bits per heavy atom. The average Bonchev–Trinajstić information content (AvgIpc) is 1.82. The molecule has 0 aliphatic heterocycles. The zero-order valence-corrected chi connectivity index (χ0v) is 8.42. The van der Waals surface area contributed by atoms with E-state index in [9.17, 15) is 0 Å². The van der Waals surface area contributed by atoms with Crippen LogP contribution >= 0.6 is 0 Å². The molecule has 64 valence electrons. The molecule has 0 radical (unpaired) electrons. The van der Waals surface area contributed by atoms with Gasteiger partial charge in [-0.05, 0) is 0 Å². The Morgan fingerprint density at radius 1 is 1.00 bits per heavy atom. The first-order valence-electron chi connectivity index (χ1n) is 2.36. The summed E-state index contributed by atoms with van der Waals surface area (Å²) in [5.41, 5.74) is 0. The van der Waals surface area contributed by atoms with Crippen molar-refractivity contribution in [1.82, 2.24) is 0 Å². The van der Waals surface area contributed by atoms with Crippen molar-refractivity contribution in [2.75, 3.05) is 27.4 Å². The van der Waals surface area contributed by atoms with Crippen LogP contribution in [-0.2, 0) is 9.47 Å². The van der Waals surface area contributed by atoms with E-state index in [0.717, 1.165) is 0 Å². The van der Waals surface area contributed by atoms with E-state index in [1.54, 1.807) is 14.2 Å². The molecular formula is C4H10BrLiO5. The molecule has 7 heteroatoms. The number of hydrogen-bond acceptors (Lipinski definition) is 5. The fourth-order valence-corrected chi connectivity index (χ4v) is 0.167. The summed E-state index contributed by atoms with van der Waals surface area (Å²) >= 11 is -3.65. The molecule has 0 unspecified atom stereocenters. The molecule has 0 heterocycles.